The molecule has 0 aromatic heterocycles. The first-order valence-corrected chi connectivity index (χ1v) is 32.9. The van der Waals surface area contributed by atoms with Gasteiger partial charge in [-0.05, 0) is 12.8 Å². The number of carbonyl (C=O) groups is 1. The van der Waals surface area contributed by atoms with E-state index in [0.29, 0.717) is 12.8 Å². The number of hydrogen-bond acceptors (Lipinski definition) is 5. The first kappa shape index (κ1) is 70.3. The summed E-state index contributed by atoms with van der Waals surface area (Å²) in [5.74, 6) is -0.574. The molecule has 0 aliphatic rings. The molecule has 4 atom stereocenters. The van der Waals surface area contributed by atoms with Crippen LogP contribution < -0.4 is 5.32 Å². The number of unbranched alkanes of at least 4 members (excludes halogenated alkanes) is 53. The summed E-state index contributed by atoms with van der Waals surface area (Å²) < 4.78 is 0. The maximum absolute atomic E-state index is 12.6. The van der Waals surface area contributed by atoms with Gasteiger partial charge in [0.25, 0.3) is 0 Å². The smallest absolute Gasteiger partial charge is 0.249 e. The van der Waals surface area contributed by atoms with Crippen LogP contribution >= 0.6 is 0 Å². The van der Waals surface area contributed by atoms with Crippen molar-refractivity contribution in [3.05, 3.63) is 0 Å². The Labute approximate surface area is 445 Å². The molecule has 0 spiro atoms. The topological polar surface area (TPSA) is 110 Å². The van der Waals surface area contributed by atoms with E-state index in [1.807, 2.05) is 0 Å². The fourth-order valence-electron chi connectivity index (χ4n) is 10.9. The second-order valence-electron chi connectivity index (χ2n) is 23.2. The molecule has 0 saturated carbocycles. The third-order valence-corrected chi connectivity index (χ3v) is 16.1. The highest BCUT2D eigenvalue weighted by Crippen LogP contribution is 2.20. The maximum atomic E-state index is 12.6. The van der Waals surface area contributed by atoms with Gasteiger partial charge >= 0.3 is 0 Å². The number of hydrogen-bond donors (Lipinski definition) is 5. The SMILES string of the molecule is CCCCCCCCCCCCCCCCCCCCCCCCCCCCCCCCC(O)C(O)C(CO)NC(=O)C(O)CCCCCCCCCCCCCCCCCCCCCCCCCCC. The molecule has 6 nitrogen and oxygen atoms in total. The Bertz CT molecular complexity index is 995. The van der Waals surface area contributed by atoms with Gasteiger partial charge in [-0.2, -0.15) is 0 Å². The van der Waals surface area contributed by atoms with Gasteiger partial charge in [-0.1, -0.05) is 367 Å². The zero-order valence-corrected chi connectivity index (χ0v) is 48.5. The fourth-order valence-corrected chi connectivity index (χ4v) is 10.9. The Morgan fingerprint density at radius 1 is 0.296 bits per heavy atom. The molecule has 5 N–H and O–H groups in total. The van der Waals surface area contributed by atoms with E-state index >= 15 is 0 Å². The molecule has 0 radical (unpaired) electrons. The highest BCUT2D eigenvalue weighted by atomic mass is 16.3. The van der Waals surface area contributed by atoms with Gasteiger partial charge in [0.1, 0.15) is 12.2 Å². The molecule has 0 rings (SSSR count). The van der Waals surface area contributed by atoms with Crippen LogP contribution in [0.5, 0.6) is 0 Å². The number of aliphatic hydroxyl groups is 4. The first-order chi connectivity index (χ1) is 35.0. The predicted molar refractivity (Wildman–Crippen MR) is 312 cm³/mol. The lowest BCUT2D eigenvalue weighted by molar-refractivity contribution is -0.132. The molecule has 0 aliphatic heterocycles. The first-order valence-electron chi connectivity index (χ1n) is 32.9. The Hall–Kier alpha value is -0.690. The minimum absolute atomic E-state index is 0.377. The van der Waals surface area contributed by atoms with E-state index < -0.39 is 36.9 Å². The van der Waals surface area contributed by atoms with Crippen molar-refractivity contribution in [2.45, 2.75) is 404 Å². The summed E-state index contributed by atoms with van der Waals surface area (Å²) in [4.78, 5) is 12.6. The van der Waals surface area contributed by atoms with E-state index in [4.69, 9.17) is 0 Å². The van der Waals surface area contributed by atoms with E-state index in [1.165, 1.54) is 315 Å². The van der Waals surface area contributed by atoms with Crippen LogP contribution in [0, 0.1) is 0 Å². The Morgan fingerprint density at radius 3 is 0.676 bits per heavy atom. The third kappa shape index (κ3) is 53.9. The van der Waals surface area contributed by atoms with Crippen LogP contribution in [0.25, 0.3) is 0 Å². The van der Waals surface area contributed by atoms with Crippen molar-refractivity contribution in [3.63, 3.8) is 0 Å². The molecule has 0 bridgehead atoms. The van der Waals surface area contributed by atoms with Crippen molar-refractivity contribution in [2.75, 3.05) is 6.61 Å². The molecular formula is C65H131NO5. The molecule has 426 valence electrons. The summed E-state index contributed by atoms with van der Waals surface area (Å²) in [7, 11) is 0. The van der Waals surface area contributed by atoms with Crippen molar-refractivity contribution < 1.29 is 25.2 Å². The summed E-state index contributed by atoms with van der Waals surface area (Å²) >= 11 is 0. The van der Waals surface area contributed by atoms with Crippen LogP contribution in [0.15, 0.2) is 0 Å². The van der Waals surface area contributed by atoms with Crippen molar-refractivity contribution in [2.24, 2.45) is 0 Å². The second-order valence-corrected chi connectivity index (χ2v) is 23.2. The standard InChI is InChI=1S/C65H131NO5/c1-3-5-7-9-11-13-15-17-19-21-23-25-27-29-30-31-32-33-35-36-38-40-42-44-46-48-50-52-54-56-58-62(68)64(70)61(60-67)66-65(71)63(69)59-57-55-53-51-49-47-45-43-41-39-37-34-28-26-24-22-20-18-16-14-12-10-8-6-4-2/h61-64,67-70H,3-60H2,1-2H3,(H,66,71). The van der Waals surface area contributed by atoms with Crippen molar-refractivity contribution in [1.29, 1.82) is 0 Å². The Kier molecular flexibility index (Phi) is 59.6. The van der Waals surface area contributed by atoms with Crippen LogP contribution in [0.1, 0.15) is 380 Å². The number of aliphatic hydroxyl groups excluding tert-OH is 4. The van der Waals surface area contributed by atoms with E-state index in [-0.39, 0.29) is 0 Å². The van der Waals surface area contributed by atoms with Gasteiger partial charge in [0.2, 0.25) is 5.91 Å². The molecule has 0 aromatic carbocycles. The van der Waals surface area contributed by atoms with E-state index in [9.17, 15) is 25.2 Å². The molecule has 1 amide bonds. The molecule has 0 heterocycles. The fraction of sp³-hybridized carbons (Fsp3) is 0.985. The van der Waals surface area contributed by atoms with Crippen molar-refractivity contribution in [3.8, 4) is 0 Å². The van der Waals surface area contributed by atoms with E-state index in [1.54, 1.807) is 0 Å². The summed E-state index contributed by atoms with van der Waals surface area (Å²) in [6, 6.07) is -0.982. The quantitative estimate of drug-likeness (QED) is 0.0390. The average Bonchev–Trinajstić information content (AvgIpc) is 3.38. The normalized spacial score (nSPS) is 13.5. The Morgan fingerprint density at radius 2 is 0.479 bits per heavy atom. The van der Waals surface area contributed by atoms with Crippen LogP contribution in [-0.2, 0) is 4.79 Å². The maximum Gasteiger partial charge on any atom is 0.249 e. The van der Waals surface area contributed by atoms with Crippen molar-refractivity contribution >= 4 is 5.91 Å². The zero-order chi connectivity index (χ0) is 51.6. The van der Waals surface area contributed by atoms with E-state index in [2.05, 4.69) is 19.2 Å². The van der Waals surface area contributed by atoms with Gasteiger partial charge in [0.05, 0.1) is 18.8 Å². The summed E-state index contributed by atoms with van der Waals surface area (Å²) in [5.41, 5.74) is 0. The molecule has 71 heavy (non-hydrogen) atoms. The summed E-state index contributed by atoms with van der Waals surface area (Å²) in [5, 5.41) is 44.2. The summed E-state index contributed by atoms with van der Waals surface area (Å²) in [6.45, 7) is 4.12. The van der Waals surface area contributed by atoms with Gasteiger partial charge in [-0.25, -0.2) is 0 Å². The lowest BCUT2D eigenvalue weighted by atomic mass is 9.99. The van der Waals surface area contributed by atoms with Crippen molar-refractivity contribution in [1.82, 2.24) is 5.32 Å². The third-order valence-electron chi connectivity index (χ3n) is 16.1. The van der Waals surface area contributed by atoms with Gasteiger partial charge < -0.3 is 25.7 Å². The van der Waals surface area contributed by atoms with Gasteiger partial charge in [0, 0.05) is 0 Å². The largest absolute Gasteiger partial charge is 0.394 e. The van der Waals surface area contributed by atoms with Crippen LogP contribution in [0.3, 0.4) is 0 Å². The molecule has 0 fully saturated rings. The van der Waals surface area contributed by atoms with E-state index in [0.717, 1.165) is 38.5 Å². The highest BCUT2D eigenvalue weighted by molar-refractivity contribution is 5.80. The predicted octanol–water partition coefficient (Wildman–Crippen LogP) is 19.8. The average molecular weight is 1010 g/mol. The number of carbonyl (C=O) groups excluding carboxylic acids is 1. The highest BCUT2D eigenvalue weighted by Gasteiger charge is 2.28. The second kappa shape index (κ2) is 60.2. The van der Waals surface area contributed by atoms with Crippen LogP contribution in [-0.4, -0.2) is 57.3 Å². The molecule has 0 saturated heterocycles. The lowest BCUT2D eigenvalue weighted by Gasteiger charge is -2.27. The van der Waals surface area contributed by atoms with Gasteiger partial charge in [0.15, 0.2) is 0 Å². The molecule has 0 aromatic rings. The molecule has 6 heteroatoms. The van der Waals surface area contributed by atoms with Crippen LogP contribution in [0.4, 0.5) is 0 Å². The monoisotopic (exact) mass is 1010 g/mol. The molecular weight excluding hydrogens is 875 g/mol. The number of amides is 1. The van der Waals surface area contributed by atoms with Gasteiger partial charge in [-0.3, -0.25) is 4.79 Å². The summed E-state index contributed by atoms with van der Waals surface area (Å²) in [6.07, 6.45) is 72.1. The lowest BCUT2D eigenvalue weighted by Crippen LogP contribution is -2.53. The Balaban J connectivity index is 3.52. The zero-order valence-electron chi connectivity index (χ0n) is 48.5. The number of rotatable bonds is 62. The molecule has 4 unspecified atom stereocenters. The minimum Gasteiger partial charge on any atom is -0.394 e. The minimum atomic E-state index is -1.26. The van der Waals surface area contributed by atoms with Gasteiger partial charge in [-0.15, -0.1) is 0 Å². The molecule has 0 aliphatic carbocycles. The van der Waals surface area contributed by atoms with Crippen LogP contribution in [0.2, 0.25) is 0 Å². The number of nitrogens with one attached hydrogen (secondary N) is 1.